The van der Waals surface area contributed by atoms with Crippen LogP contribution in [0.5, 0.6) is 5.75 Å². The molecule has 21 heavy (non-hydrogen) atoms. The molecular formula is C19H31NO. The molecule has 1 heterocycles. The highest BCUT2D eigenvalue weighted by molar-refractivity contribution is 5.45. The van der Waals surface area contributed by atoms with Gasteiger partial charge in [-0.15, -0.1) is 0 Å². The van der Waals surface area contributed by atoms with Crippen molar-refractivity contribution in [1.82, 2.24) is 5.32 Å². The first-order valence-electron chi connectivity index (χ1n) is 8.46. The highest BCUT2D eigenvalue weighted by Crippen LogP contribution is 2.40. The van der Waals surface area contributed by atoms with Gasteiger partial charge in [0.25, 0.3) is 0 Å². The van der Waals surface area contributed by atoms with E-state index in [1.165, 1.54) is 42.4 Å². The van der Waals surface area contributed by atoms with Gasteiger partial charge in [-0.2, -0.15) is 0 Å². The average Bonchev–Trinajstić information content (AvgIpc) is 2.40. The Morgan fingerprint density at radius 1 is 1.14 bits per heavy atom. The van der Waals surface area contributed by atoms with E-state index in [1.807, 2.05) is 0 Å². The van der Waals surface area contributed by atoms with Crippen LogP contribution in [0.1, 0.15) is 75.6 Å². The maximum Gasteiger partial charge on any atom is 0.125 e. The second-order valence-corrected chi connectivity index (χ2v) is 7.11. The van der Waals surface area contributed by atoms with E-state index >= 15 is 0 Å². The standard InChI is InChI=1S/C19H31NO/c1-6-7-8-9-10-20-17-13-19(4,5)21-18-12-15(3)14(2)11-16(17)18/h11-12,17,20H,6-10,13H2,1-5H3. The second kappa shape index (κ2) is 6.83. The minimum Gasteiger partial charge on any atom is -0.487 e. The molecule has 1 aliphatic rings. The normalized spacial score (nSPS) is 20.0. The van der Waals surface area contributed by atoms with E-state index in [4.69, 9.17) is 4.74 Å². The number of rotatable bonds is 6. The fourth-order valence-electron chi connectivity index (χ4n) is 3.12. The zero-order chi connectivity index (χ0) is 15.5. The van der Waals surface area contributed by atoms with Crippen LogP contribution in [0.25, 0.3) is 0 Å². The van der Waals surface area contributed by atoms with Crippen molar-refractivity contribution in [3.05, 3.63) is 28.8 Å². The minimum absolute atomic E-state index is 0.0875. The summed E-state index contributed by atoms with van der Waals surface area (Å²) in [7, 11) is 0. The molecule has 0 radical (unpaired) electrons. The van der Waals surface area contributed by atoms with Gasteiger partial charge in [-0.3, -0.25) is 0 Å². The summed E-state index contributed by atoms with van der Waals surface area (Å²) >= 11 is 0. The highest BCUT2D eigenvalue weighted by atomic mass is 16.5. The molecule has 2 rings (SSSR count). The molecule has 0 bridgehead atoms. The molecule has 0 saturated carbocycles. The van der Waals surface area contributed by atoms with Gasteiger partial charge in [-0.1, -0.05) is 32.3 Å². The summed E-state index contributed by atoms with van der Waals surface area (Å²) in [5.74, 6) is 1.07. The van der Waals surface area contributed by atoms with Gasteiger partial charge in [-0.05, 0) is 57.9 Å². The number of nitrogens with one attached hydrogen (secondary N) is 1. The van der Waals surface area contributed by atoms with Crippen molar-refractivity contribution in [2.75, 3.05) is 6.54 Å². The average molecular weight is 289 g/mol. The molecule has 2 heteroatoms. The van der Waals surface area contributed by atoms with E-state index in [-0.39, 0.29) is 5.60 Å². The molecule has 1 N–H and O–H groups in total. The molecule has 2 nitrogen and oxygen atoms in total. The number of hydrogen-bond acceptors (Lipinski definition) is 2. The van der Waals surface area contributed by atoms with Gasteiger partial charge in [0.05, 0.1) is 0 Å². The zero-order valence-electron chi connectivity index (χ0n) is 14.4. The largest absolute Gasteiger partial charge is 0.487 e. The first-order valence-corrected chi connectivity index (χ1v) is 8.46. The first-order chi connectivity index (χ1) is 9.93. The third kappa shape index (κ3) is 4.23. The van der Waals surface area contributed by atoms with Crippen molar-refractivity contribution >= 4 is 0 Å². The summed E-state index contributed by atoms with van der Waals surface area (Å²) in [5.41, 5.74) is 3.92. The fourth-order valence-corrected chi connectivity index (χ4v) is 3.12. The number of aryl methyl sites for hydroxylation is 2. The topological polar surface area (TPSA) is 21.3 Å². The van der Waals surface area contributed by atoms with Crippen LogP contribution in [-0.4, -0.2) is 12.1 Å². The van der Waals surface area contributed by atoms with Gasteiger partial charge in [0.15, 0.2) is 0 Å². The van der Waals surface area contributed by atoms with E-state index in [9.17, 15) is 0 Å². The lowest BCUT2D eigenvalue weighted by atomic mass is 9.88. The van der Waals surface area contributed by atoms with E-state index in [0.29, 0.717) is 6.04 Å². The minimum atomic E-state index is -0.0875. The van der Waals surface area contributed by atoms with E-state index < -0.39 is 0 Å². The Hall–Kier alpha value is -1.02. The van der Waals surface area contributed by atoms with Crippen molar-refractivity contribution in [3.8, 4) is 5.75 Å². The lowest BCUT2D eigenvalue weighted by Gasteiger charge is -2.38. The Balaban J connectivity index is 2.09. The Morgan fingerprint density at radius 3 is 2.57 bits per heavy atom. The van der Waals surface area contributed by atoms with Crippen LogP contribution in [0.15, 0.2) is 12.1 Å². The summed E-state index contributed by atoms with van der Waals surface area (Å²) in [6.45, 7) is 12.1. The Morgan fingerprint density at radius 2 is 1.86 bits per heavy atom. The summed E-state index contributed by atoms with van der Waals surface area (Å²) < 4.78 is 6.19. The molecule has 1 atom stereocenters. The van der Waals surface area contributed by atoms with Crippen LogP contribution >= 0.6 is 0 Å². The monoisotopic (exact) mass is 289 g/mol. The molecule has 1 aromatic rings. The van der Waals surface area contributed by atoms with Crippen LogP contribution < -0.4 is 10.1 Å². The maximum absolute atomic E-state index is 6.19. The highest BCUT2D eigenvalue weighted by Gasteiger charge is 2.33. The number of unbranched alkanes of at least 4 members (excludes halogenated alkanes) is 3. The smallest absolute Gasteiger partial charge is 0.125 e. The number of fused-ring (bicyclic) bond motifs is 1. The van der Waals surface area contributed by atoms with Crippen molar-refractivity contribution in [2.24, 2.45) is 0 Å². The van der Waals surface area contributed by atoms with Gasteiger partial charge in [0.2, 0.25) is 0 Å². The zero-order valence-corrected chi connectivity index (χ0v) is 14.4. The Labute approximate surface area is 130 Å². The fraction of sp³-hybridized carbons (Fsp3) is 0.684. The van der Waals surface area contributed by atoms with E-state index in [0.717, 1.165) is 18.7 Å². The summed E-state index contributed by atoms with van der Waals surface area (Å²) in [6, 6.07) is 4.94. The summed E-state index contributed by atoms with van der Waals surface area (Å²) in [4.78, 5) is 0. The molecular weight excluding hydrogens is 258 g/mol. The first kappa shape index (κ1) is 16.4. The molecule has 0 spiro atoms. The second-order valence-electron chi connectivity index (χ2n) is 7.11. The van der Waals surface area contributed by atoms with Crippen molar-refractivity contribution < 1.29 is 4.74 Å². The van der Waals surface area contributed by atoms with E-state index in [1.54, 1.807) is 0 Å². The SMILES string of the molecule is CCCCCCNC1CC(C)(C)Oc2cc(C)c(C)cc21. The lowest BCUT2D eigenvalue weighted by Crippen LogP contribution is -2.39. The molecule has 0 saturated heterocycles. The Kier molecular flexibility index (Phi) is 5.32. The van der Waals surface area contributed by atoms with Crippen LogP contribution in [0, 0.1) is 13.8 Å². The van der Waals surface area contributed by atoms with E-state index in [2.05, 4.69) is 52.1 Å². The quantitative estimate of drug-likeness (QED) is 0.738. The van der Waals surface area contributed by atoms with Crippen LogP contribution in [0.2, 0.25) is 0 Å². The van der Waals surface area contributed by atoms with Gasteiger partial charge in [0.1, 0.15) is 11.4 Å². The third-order valence-corrected chi connectivity index (χ3v) is 4.50. The molecule has 0 amide bonds. The number of ether oxygens (including phenoxy) is 1. The van der Waals surface area contributed by atoms with Crippen molar-refractivity contribution in [2.45, 2.75) is 78.4 Å². The van der Waals surface area contributed by atoms with Crippen molar-refractivity contribution in [1.29, 1.82) is 0 Å². The molecule has 0 fully saturated rings. The summed E-state index contributed by atoms with van der Waals surface area (Å²) in [6.07, 6.45) is 6.28. The third-order valence-electron chi connectivity index (χ3n) is 4.50. The predicted molar refractivity (Wildman–Crippen MR) is 90.1 cm³/mol. The number of benzene rings is 1. The van der Waals surface area contributed by atoms with Crippen LogP contribution in [0.3, 0.4) is 0 Å². The maximum atomic E-state index is 6.19. The molecule has 118 valence electrons. The molecule has 1 unspecified atom stereocenters. The van der Waals surface area contributed by atoms with Gasteiger partial charge < -0.3 is 10.1 Å². The van der Waals surface area contributed by atoms with Crippen LogP contribution in [0.4, 0.5) is 0 Å². The molecule has 0 aliphatic carbocycles. The molecule has 1 aliphatic heterocycles. The Bertz CT molecular complexity index is 479. The van der Waals surface area contributed by atoms with Crippen LogP contribution in [-0.2, 0) is 0 Å². The number of hydrogen-bond donors (Lipinski definition) is 1. The van der Waals surface area contributed by atoms with Gasteiger partial charge in [-0.25, -0.2) is 0 Å². The summed E-state index contributed by atoms with van der Waals surface area (Å²) in [5, 5.41) is 3.76. The van der Waals surface area contributed by atoms with Gasteiger partial charge in [0, 0.05) is 18.0 Å². The molecule has 0 aromatic heterocycles. The van der Waals surface area contributed by atoms with Gasteiger partial charge >= 0.3 is 0 Å². The lowest BCUT2D eigenvalue weighted by molar-refractivity contribution is 0.0659. The molecule has 1 aromatic carbocycles. The predicted octanol–water partition coefficient (Wildman–Crippen LogP) is 5.08. The van der Waals surface area contributed by atoms with Crippen molar-refractivity contribution in [3.63, 3.8) is 0 Å².